The molecule has 1 amide bonds. The number of rotatable bonds is 3. The standard InChI is InChI=1S/C12H11FN2OS/c1-8-7-14-12(17-8)15-11(16)6-9-3-2-4-10(13)5-9/h2-5,7H,6H2,1H3,(H,14,15,16). The molecule has 0 aliphatic rings. The van der Waals surface area contributed by atoms with Crippen LogP contribution in [0.3, 0.4) is 0 Å². The Hall–Kier alpha value is -1.75. The fraction of sp³-hybridized carbons (Fsp3) is 0.167. The number of amides is 1. The number of carbonyl (C=O) groups is 1. The van der Waals surface area contributed by atoms with Gasteiger partial charge in [-0.05, 0) is 24.6 Å². The summed E-state index contributed by atoms with van der Waals surface area (Å²) in [7, 11) is 0. The maximum Gasteiger partial charge on any atom is 0.230 e. The Morgan fingerprint density at radius 3 is 3.00 bits per heavy atom. The molecule has 0 radical (unpaired) electrons. The van der Waals surface area contributed by atoms with E-state index in [1.54, 1.807) is 18.3 Å². The number of hydrogen-bond donors (Lipinski definition) is 1. The summed E-state index contributed by atoms with van der Waals surface area (Å²) >= 11 is 1.41. The molecule has 2 aromatic rings. The Morgan fingerprint density at radius 2 is 2.35 bits per heavy atom. The molecule has 0 bridgehead atoms. The zero-order valence-corrected chi connectivity index (χ0v) is 10.1. The van der Waals surface area contributed by atoms with Crippen molar-refractivity contribution in [3.63, 3.8) is 0 Å². The molecule has 5 heteroatoms. The maximum absolute atomic E-state index is 12.9. The molecule has 1 N–H and O–H groups in total. The lowest BCUT2D eigenvalue weighted by molar-refractivity contribution is -0.115. The van der Waals surface area contributed by atoms with Crippen LogP contribution in [0.4, 0.5) is 9.52 Å². The van der Waals surface area contributed by atoms with E-state index >= 15 is 0 Å². The highest BCUT2D eigenvalue weighted by Gasteiger charge is 2.06. The van der Waals surface area contributed by atoms with Crippen LogP contribution in [-0.2, 0) is 11.2 Å². The minimum Gasteiger partial charge on any atom is -0.302 e. The van der Waals surface area contributed by atoms with Gasteiger partial charge in [0.25, 0.3) is 0 Å². The summed E-state index contributed by atoms with van der Waals surface area (Å²) in [6, 6.07) is 6.01. The number of anilines is 1. The van der Waals surface area contributed by atoms with Crippen molar-refractivity contribution in [1.29, 1.82) is 0 Å². The number of benzene rings is 1. The van der Waals surface area contributed by atoms with Crippen molar-refractivity contribution in [3.05, 3.63) is 46.7 Å². The van der Waals surface area contributed by atoms with E-state index in [-0.39, 0.29) is 18.1 Å². The molecule has 3 nitrogen and oxygen atoms in total. The molecule has 2 rings (SSSR count). The number of halogens is 1. The smallest absolute Gasteiger partial charge is 0.230 e. The molecule has 1 aromatic carbocycles. The Bertz CT molecular complexity index is 539. The first-order chi connectivity index (χ1) is 8.13. The number of hydrogen-bond acceptors (Lipinski definition) is 3. The van der Waals surface area contributed by atoms with Gasteiger partial charge in [0.15, 0.2) is 5.13 Å². The van der Waals surface area contributed by atoms with Crippen LogP contribution in [0, 0.1) is 12.7 Å². The summed E-state index contributed by atoms with van der Waals surface area (Å²) in [5, 5.41) is 3.25. The van der Waals surface area contributed by atoms with E-state index in [0.29, 0.717) is 10.7 Å². The van der Waals surface area contributed by atoms with E-state index in [1.807, 2.05) is 6.92 Å². The molecule has 0 atom stereocenters. The summed E-state index contributed by atoms with van der Waals surface area (Å²) < 4.78 is 12.9. The van der Waals surface area contributed by atoms with Crippen LogP contribution in [0.2, 0.25) is 0 Å². The fourth-order valence-electron chi connectivity index (χ4n) is 1.41. The van der Waals surface area contributed by atoms with Crippen LogP contribution < -0.4 is 5.32 Å². The first-order valence-corrected chi connectivity index (χ1v) is 5.92. The topological polar surface area (TPSA) is 42.0 Å². The van der Waals surface area contributed by atoms with Crippen molar-refractivity contribution in [2.24, 2.45) is 0 Å². The van der Waals surface area contributed by atoms with Crippen molar-refractivity contribution in [1.82, 2.24) is 4.98 Å². The molecule has 0 saturated heterocycles. The number of carbonyl (C=O) groups excluding carboxylic acids is 1. The van der Waals surface area contributed by atoms with Gasteiger partial charge in [-0.3, -0.25) is 4.79 Å². The second kappa shape index (κ2) is 5.05. The van der Waals surface area contributed by atoms with Crippen LogP contribution in [0.25, 0.3) is 0 Å². The predicted octanol–water partition coefficient (Wildman–Crippen LogP) is 2.77. The van der Waals surface area contributed by atoms with Gasteiger partial charge >= 0.3 is 0 Å². The summed E-state index contributed by atoms with van der Waals surface area (Å²) in [4.78, 5) is 16.7. The summed E-state index contributed by atoms with van der Waals surface area (Å²) in [5.41, 5.74) is 0.649. The lowest BCUT2D eigenvalue weighted by Crippen LogP contribution is -2.14. The number of nitrogens with one attached hydrogen (secondary N) is 1. The van der Waals surface area contributed by atoms with Gasteiger partial charge in [0.05, 0.1) is 6.42 Å². The number of nitrogens with zero attached hydrogens (tertiary/aromatic N) is 1. The fourth-order valence-corrected chi connectivity index (χ4v) is 2.09. The van der Waals surface area contributed by atoms with Gasteiger partial charge in [-0.25, -0.2) is 9.37 Å². The minimum atomic E-state index is -0.333. The van der Waals surface area contributed by atoms with Crippen LogP contribution in [-0.4, -0.2) is 10.9 Å². The summed E-state index contributed by atoms with van der Waals surface area (Å²) in [5.74, 6) is -0.523. The second-order valence-electron chi connectivity index (χ2n) is 3.63. The second-order valence-corrected chi connectivity index (χ2v) is 4.87. The number of thiazole rings is 1. The molecule has 0 spiro atoms. The van der Waals surface area contributed by atoms with E-state index in [9.17, 15) is 9.18 Å². The van der Waals surface area contributed by atoms with Crippen LogP contribution >= 0.6 is 11.3 Å². The van der Waals surface area contributed by atoms with Gasteiger partial charge in [-0.2, -0.15) is 0 Å². The average Bonchev–Trinajstić information content (AvgIpc) is 2.63. The monoisotopic (exact) mass is 250 g/mol. The van der Waals surface area contributed by atoms with Crippen LogP contribution in [0.15, 0.2) is 30.5 Å². The highest BCUT2D eigenvalue weighted by molar-refractivity contribution is 7.15. The Balaban J connectivity index is 1.98. The van der Waals surface area contributed by atoms with Gasteiger partial charge in [-0.1, -0.05) is 12.1 Å². The van der Waals surface area contributed by atoms with Crippen LogP contribution in [0.1, 0.15) is 10.4 Å². The molecule has 88 valence electrons. The van der Waals surface area contributed by atoms with E-state index < -0.39 is 0 Å². The van der Waals surface area contributed by atoms with Crippen molar-refractivity contribution in [3.8, 4) is 0 Å². The molecule has 0 unspecified atom stereocenters. The van der Waals surface area contributed by atoms with Crippen LogP contribution in [0.5, 0.6) is 0 Å². The molecular formula is C12H11FN2OS. The largest absolute Gasteiger partial charge is 0.302 e. The molecule has 17 heavy (non-hydrogen) atoms. The first-order valence-electron chi connectivity index (χ1n) is 5.10. The molecule has 0 aliphatic heterocycles. The molecule has 0 fully saturated rings. The van der Waals surface area contributed by atoms with Gasteiger partial charge in [-0.15, -0.1) is 11.3 Å². The highest BCUT2D eigenvalue weighted by Crippen LogP contribution is 2.16. The lowest BCUT2D eigenvalue weighted by atomic mass is 10.1. The third-order valence-electron chi connectivity index (χ3n) is 2.12. The lowest BCUT2D eigenvalue weighted by Gasteiger charge is -2.01. The van der Waals surface area contributed by atoms with Crippen molar-refractivity contribution >= 4 is 22.4 Å². The SMILES string of the molecule is Cc1cnc(NC(=O)Cc2cccc(F)c2)s1. The molecule has 0 saturated carbocycles. The molecule has 1 aromatic heterocycles. The Kier molecular flexibility index (Phi) is 3.49. The van der Waals surface area contributed by atoms with Gasteiger partial charge in [0.1, 0.15) is 5.82 Å². The quantitative estimate of drug-likeness (QED) is 0.910. The van der Waals surface area contributed by atoms with Crippen molar-refractivity contribution in [2.45, 2.75) is 13.3 Å². The predicted molar refractivity (Wildman–Crippen MR) is 65.6 cm³/mol. The zero-order chi connectivity index (χ0) is 12.3. The number of aromatic nitrogens is 1. The molecule has 0 aliphatic carbocycles. The van der Waals surface area contributed by atoms with E-state index in [1.165, 1.54) is 23.5 Å². The van der Waals surface area contributed by atoms with E-state index in [4.69, 9.17) is 0 Å². The first kappa shape index (κ1) is 11.7. The Labute approximate surface area is 102 Å². The number of aryl methyl sites for hydroxylation is 1. The zero-order valence-electron chi connectivity index (χ0n) is 9.24. The van der Waals surface area contributed by atoms with Crippen molar-refractivity contribution in [2.75, 3.05) is 5.32 Å². The third kappa shape index (κ3) is 3.35. The third-order valence-corrected chi connectivity index (χ3v) is 2.95. The molecule has 1 heterocycles. The summed E-state index contributed by atoms with van der Waals surface area (Å²) in [6.45, 7) is 1.92. The van der Waals surface area contributed by atoms with Crippen molar-refractivity contribution < 1.29 is 9.18 Å². The summed E-state index contributed by atoms with van der Waals surface area (Å²) in [6.07, 6.45) is 1.85. The van der Waals surface area contributed by atoms with Gasteiger partial charge in [0, 0.05) is 11.1 Å². The maximum atomic E-state index is 12.9. The van der Waals surface area contributed by atoms with E-state index in [2.05, 4.69) is 10.3 Å². The Morgan fingerprint density at radius 1 is 1.53 bits per heavy atom. The minimum absolute atomic E-state index is 0.149. The normalized spacial score (nSPS) is 10.2. The van der Waals surface area contributed by atoms with E-state index in [0.717, 1.165) is 4.88 Å². The van der Waals surface area contributed by atoms with Gasteiger partial charge < -0.3 is 5.32 Å². The molecular weight excluding hydrogens is 239 g/mol. The highest BCUT2D eigenvalue weighted by atomic mass is 32.1. The average molecular weight is 250 g/mol. The van der Waals surface area contributed by atoms with Gasteiger partial charge in [0.2, 0.25) is 5.91 Å².